The first-order valence-corrected chi connectivity index (χ1v) is 2.73. The van der Waals surface area contributed by atoms with Gasteiger partial charge in [-0.25, -0.2) is 0 Å². The monoisotopic (exact) mass is 292 g/mol. The Bertz CT molecular complexity index is 168. The van der Waals surface area contributed by atoms with Crippen molar-refractivity contribution in [2.24, 2.45) is 0 Å². The molecule has 1 radical (unpaired) electrons. The second-order valence-electron chi connectivity index (χ2n) is 0.921. The summed E-state index contributed by atoms with van der Waals surface area (Å²) in [7, 11) is -5.84. The van der Waals surface area contributed by atoms with Crippen molar-refractivity contribution < 1.29 is 67.0 Å². The van der Waals surface area contributed by atoms with Crippen LogP contribution in [0.1, 0.15) is 0 Å². The maximum absolute atomic E-state index is 10.7. The summed E-state index contributed by atoms with van der Waals surface area (Å²) < 4.78 is 57.5. The van der Waals surface area contributed by atoms with Crippen LogP contribution in [0.3, 0.4) is 0 Å². The van der Waals surface area contributed by atoms with Crippen LogP contribution in [0.5, 0.6) is 0 Å². The third kappa shape index (κ3) is 4.45. The molecule has 0 spiro atoms. The minimum atomic E-state index is -5.84. The fourth-order valence-electron chi connectivity index (χ4n) is 0. The molecule has 0 rings (SSSR count). The molecule has 3 nitrogen and oxygen atoms in total. The zero-order valence-corrected chi connectivity index (χ0v) is 7.83. The molecule has 0 fully saturated rings. The molecule has 0 saturated carbocycles. The molecule has 8 heteroatoms. The first-order valence-electron chi connectivity index (χ1n) is 1.29. The maximum Gasteiger partial charge on any atom is 3.00 e. The van der Waals surface area contributed by atoms with Gasteiger partial charge in [-0.2, -0.15) is 21.6 Å². The predicted octanol–water partition coefficient (Wildman–Crippen LogP) is 0.394. The van der Waals surface area contributed by atoms with E-state index in [0.717, 1.165) is 0 Å². The molecule has 0 aromatic rings. The Morgan fingerprint density at radius 2 is 1.33 bits per heavy atom. The molecule has 0 saturated heterocycles. The quantitative estimate of drug-likeness (QED) is 0.519. The molecule has 0 unspecified atom stereocenters. The van der Waals surface area contributed by atoms with E-state index in [2.05, 4.69) is 0 Å². The molecule has 0 aliphatic heterocycles. The molecule has 0 amide bonds. The van der Waals surface area contributed by atoms with Crippen LogP contribution in [0.4, 0.5) is 13.2 Å². The molecule has 51 valence electrons. The Balaban J connectivity index is 0. The fourth-order valence-corrected chi connectivity index (χ4v) is 0. The summed E-state index contributed by atoms with van der Waals surface area (Å²) in [5.74, 6) is 0. The topological polar surface area (TPSA) is 54.4 Å². The standard InChI is InChI=1S/CHF3O3S.Nd/c2-1(3,4)8(5,6)7;/h(H,5,6,7);/q;+3. The third-order valence-electron chi connectivity index (χ3n) is 0.292. The van der Waals surface area contributed by atoms with E-state index in [1.54, 1.807) is 0 Å². The van der Waals surface area contributed by atoms with E-state index in [0.29, 0.717) is 0 Å². The molecule has 0 aliphatic rings. The third-order valence-corrected chi connectivity index (χ3v) is 0.877. The molecule has 0 aromatic heterocycles. The van der Waals surface area contributed by atoms with Crippen molar-refractivity contribution in [3.05, 3.63) is 0 Å². The van der Waals surface area contributed by atoms with Crippen molar-refractivity contribution in [3.63, 3.8) is 0 Å². The van der Waals surface area contributed by atoms with Crippen molar-refractivity contribution in [2.45, 2.75) is 5.51 Å². The van der Waals surface area contributed by atoms with Gasteiger partial charge in [0.1, 0.15) is 0 Å². The summed E-state index contributed by atoms with van der Waals surface area (Å²) in [6, 6.07) is 0. The van der Waals surface area contributed by atoms with Gasteiger partial charge in [0.25, 0.3) is 0 Å². The minimum Gasteiger partial charge on any atom is -0.279 e. The van der Waals surface area contributed by atoms with Crippen LogP contribution >= 0.6 is 0 Å². The largest absolute Gasteiger partial charge is 3.00 e. The minimum absolute atomic E-state index is 0. The maximum atomic E-state index is 10.7. The summed E-state index contributed by atoms with van der Waals surface area (Å²) in [6.07, 6.45) is 0. The van der Waals surface area contributed by atoms with Gasteiger partial charge in [-0.1, -0.05) is 0 Å². The van der Waals surface area contributed by atoms with E-state index in [9.17, 15) is 13.2 Å². The number of hydrogen-bond donors (Lipinski definition) is 1. The number of halogens is 3. The van der Waals surface area contributed by atoms with Crippen LogP contribution in [0, 0.1) is 40.8 Å². The molecule has 0 aliphatic carbocycles. The van der Waals surface area contributed by atoms with Gasteiger partial charge in [0.05, 0.1) is 0 Å². The second kappa shape index (κ2) is 3.44. The van der Waals surface area contributed by atoms with Gasteiger partial charge < -0.3 is 0 Å². The van der Waals surface area contributed by atoms with Crippen LogP contribution in [0.25, 0.3) is 0 Å². The zero-order chi connectivity index (χ0) is 7.00. The van der Waals surface area contributed by atoms with Gasteiger partial charge >= 0.3 is 56.5 Å². The molecule has 0 heterocycles. The van der Waals surface area contributed by atoms with Crippen molar-refractivity contribution in [3.8, 4) is 0 Å². The predicted molar refractivity (Wildman–Crippen MR) is 17.6 cm³/mol. The SMILES string of the molecule is O=S(=O)(O)C(F)(F)F.[Nd+3]. The average Bonchev–Trinajstić information content (AvgIpc) is 1.25. The first-order chi connectivity index (χ1) is 3.25. The van der Waals surface area contributed by atoms with Crippen LogP contribution in [-0.2, 0) is 10.1 Å². The van der Waals surface area contributed by atoms with Gasteiger partial charge in [0.15, 0.2) is 0 Å². The molecule has 1 N–H and O–H groups in total. The molecular formula is CHF3NdO3S+3. The van der Waals surface area contributed by atoms with E-state index < -0.39 is 15.6 Å². The molecule has 9 heavy (non-hydrogen) atoms. The van der Waals surface area contributed by atoms with Crippen LogP contribution < -0.4 is 0 Å². The summed E-state index contributed by atoms with van der Waals surface area (Å²) in [5.41, 5.74) is -5.53. The van der Waals surface area contributed by atoms with Crippen LogP contribution in [-0.4, -0.2) is 18.5 Å². The first kappa shape index (κ1) is 12.7. The number of rotatable bonds is 0. The van der Waals surface area contributed by atoms with Crippen molar-refractivity contribution in [2.75, 3.05) is 0 Å². The van der Waals surface area contributed by atoms with Crippen molar-refractivity contribution in [1.29, 1.82) is 0 Å². The Morgan fingerprint density at radius 1 is 1.22 bits per heavy atom. The number of hydrogen-bond acceptors (Lipinski definition) is 2. The molecule has 0 atom stereocenters. The van der Waals surface area contributed by atoms with Crippen LogP contribution in [0.2, 0.25) is 0 Å². The van der Waals surface area contributed by atoms with E-state index in [-0.39, 0.29) is 40.8 Å². The van der Waals surface area contributed by atoms with Gasteiger partial charge in [0, 0.05) is 0 Å². The van der Waals surface area contributed by atoms with E-state index in [1.165, 1.54) is 0 Å². The molecule has 0 bridgehead atoms. The molecular weight excluding hydrogens is 293 g/mol. The average molecular weight is 294 g/mol. The summed E-state index contributed by atoms with van der Waals surface area (Å²) in [4.78, 5) is 0. The Morgan fingerprint density at radius 3 is 1.33 bits per heavy atom. The van der Waals surface area contributed by atoms with Gasteiger partial charge in [-0.3, -0.25) is 4.55 Å². The summed E-state index contributed by atoms with van der Waals surface area (Å²) in [5, 5.41) is 0. The zero-order valence-electron chi connectivity index (χ0n) is 3.81. The van der Waals surface area contributed by atoms with Crippen molar-refractivity contribution in [1.82, 2.24) is 0 Å². The Hall–Kier alpha value is 1.05. The normalized spacial score (nSPS) is 12.4. The number of alkyl halides is 3. The fraction of sp³-hybridized carbons (Fsp3) is 1.00. The van der Waals surface area contributed by atoms with Crippen molar-refractivity contribution >= 4 is 10.1 Å². The van der Waals surface area contributed by atoms with Gasteiger partial charge in [-0.15, -0.1) is 0 Å². The smallest absolute Gasteiger partial charge is 0.279 e. The second-order valence-corrected chi connectivity index (χ2v) is 2.33. The Kier molecular flexibility index (Phi) is 4.86. The van der Waals surface area contributed by atoms with Gasteiger partial charge in [0.2, 0.25) is 0 Å². The summed E-state index contributed by atoms with van der Waals surface area (Å²) in [6.45, 7) is 0. The molecule has 0 aromatic carbocycles. The Labute approximate surface area is 81.9 Å². The summed E-state index contributed by atoms with van der Waals surface area (Å²) >= 11 is 0. The van der Waals surface area contributed by atoms with Gasteiger partial charge in [-0.05, 0) is 0 Å². The van der Waals surface area contributed by atoms with E-state index in [4.69, 9.17) is 13.0 Å². The van der Waals surface area contributed by atoms with E-state index >= 15 is 0 Å². The van der Waals surface area contributed by atoms with E-state index in [1.807, 2.05) is 0 Å². The van der Waals surface area contributed by atoms with Crippen LogP contribution in [0.15, 0.2) is 0 Å².